The first-order chi connectivity index (χ1) is 8.72. The van der Waals surface area contributed by atoms with E-state index in [4.69, 9.17) is 4.74 Å². The normalized spacial score (nSPS) is 11.8. The lowest BCUT2D eigenvalue weighted by Crippen LogP contribution is -1.89. The van der Waals surface area contributed by atoms with Crippen LogP contribution in [-0.2, 0) is 6.42 Å². The standard InChI is InChI=1S/C14H11NO3/c1-18-10-5-12-11-2-9(7-16)14(17)4-8(11)3-13(12)15-6-10/h2,4-7,17H,3H2,1H3. The van der Waals surface area contributed by atoms with Crippen LogP contribution in [0.5, 0.6) is 11.5 Å². The van der Waals surface area contributed by atoms with Crippen molar-refractivity contribution in [3.05, 3.63) is 41.2 Å². The molecule has 1 aliphatic carbocycles. The number of carbonyl (C=O) groups excluding carboxylic acids is 1. The molecular weight excluding hydrogens is 230 g/mol. The smallest absolute Gasteiger partial charge is 0.153 e. The highest BCUT2D eigenvalue weighted by Gasteiger charge is 2.22. The van der Waals surface area contributed by atoms with Gasteiger partial charge in [-0.1, -0.05) is 0 Å². The van der Waals surface area contributed by atoms with Gasteiger partial charge in [-0.15, -0.1) is 0 Å². The molecule has 0 saturated carbocycles. The number of hydrogen-bond donors (Lipinski definition) is 1. The predicted octanol–water partition coefficient (Wildman–Crippen LogP) is 2.18. The number of methoxy groups -OCH3 is 1. The Balaban J connectivity index is 2.22. The van der Waals surface area contributed by atoms with Gasteiger partial charge in [-0.25, -0.2) is 0 Å². The lowest BCUT2D eigenvalue weighted by Gasteiger charge is -2.05. The van der Waals surface area contributed by atoms with Crippen molar-refractivity contribution in [2.24, 2.45) is 0 Å². The number of nitrogens with zero attached hydrogens (tertiary/aromatic N) is 1. The number of pyridine rings is 1. The predicted molar refractivity (Wildman–Crippen MR) is 66.1 cm³/mol. The maximum absolute atomic E-state index is 10.9. The van der Waals surface area contributed by atoms with Gasteiger partial charge in [-0.2, -0.15) is 0 Å². The minimum Gasteiger partial charge on any atom is -0.507 e. The van der Waals surface area contributed by atoms with Crippen molar-refractivity contribution in [1.82, 2.24) is 4.98 Å². The van der Waals surface area contributed by atoms with Crippen LogP contribution in [0.4, 0.5) is 0 Å². The SMILES string of the molecule is COc1cnc2c(c1)-c1cc(C=O)c(O)cc1C2. The van der Waals surface area contributed by atoms with Crippen LogP contribution in [0.2, 0.25) is 0 Å². The zero-order valence-corrected chi connectivity index (χ0v) is 9.80. The number of carbonyl (C=O) groups is 1. The van der Waals surface area contributed by atoms with E-state index in [2.05, 4.69) is 4.98 Å². The molecular formula is C14H11NO3. The maximum atomic E-state index is 10.9. The van der Waals surface area contributed by atoms with E-state index in [-0.39, 0.29) is 5.75 Å². The number of ether oxygens (including phenoxy) is 1. The molecule has 0 bridgehead atoms. The fraction of sp³-hybridized carbons (Fsp3) is 0.143. The Morgan fingerprint density at radius 2 is 2.17 bits per heavy atom. The highest BCUT2D eigenvalue weighted by atomic mass is 16.5. The van der Waals surface area contributed by atoms with Crippen molar-refractivity contribution in [3.63, 3.8) is 0 Å². The van der Waals surface area contributed by atoms with Gasteiger partial charge in [0.2, 0.25) is 0 Å². The molecule has 90 valence electrons. The summed E-state index contributed by atoms with van der Waals surface area (Å²) in [5, 5.41) is 9.68. The molecule has 3 rings (SSSR count). The monoisotopic (exact) mass is 241 g/mol. The Bertz CT molecular complexity index is 650. The second-order valence-corrected chi connectivity index (χ2v) is 4.23. The van der Waals surface area contributed by atoms with Crippen molar-refractivity contribution < 1.29 is 14.6 Å². The van der Waals surface area contributed by atoms with E-state index in [0.29, 0.717) is 24.0 Å². The van der Waals surface area contributed by atoms with Crippen molar-refractivity contribution in [2.45, 2.75) is 6.42 Å². The van der Waals surface area contributed by atoms with Gasteiger partial charge in [-0.05, 0) is 29.3 Å². The average Bonchev–Trinajstić information content (AvgIpc) is 2.73. The largest absolute Gasteiger partial charge is 0.507 e. The Morgan fingerprint density at radius 3 is 2.89 bits per heavy atom. The second-order valence-electron chi connectivity index (χ2n) is 4.23. The summed E-state index contributed by atoms with van der Waals surface area (Å²) >= 11 is 0. The van der Waals surface area contributed by atoms with Crippen LogP contribution >= 0.6 is 0 Å². The van der Waals surface area contributed by atoms with E-state index >= 15 is 0 Å². The lowest BCUT2D eigenvalue weighted by molar-refractivity contribution is 0.112. The first-order valence-corrected chi connectivity index (χ1v) is 5.57. The number of aldehydes is 1. The summed E-state index contributed by atoms with van der Waals surface area (Å²) in [6, 6.07) is 5.23. The van der Waals surface area contributed by atoms with E-state index in [9.17, 15) is 9.90 Å². The zero-order chi connectivity index (χ0) is 12.7. The summed E-state index contributed by atoms with van der Waals surface area (Å²) in [5.74, 6) is 0.700. The average molecular weight is 241 g/mol. The van der Waals surface area contributed by atoms with Crippen LogP contribution in [0.3, 0.4) is 0 Å². The summed E-state index contributed by atoms with van der Waals surface area (Å²) < 4.78 is 5.15. The molecule has 1 aromatic carbocycles. The van der Waals surface area contributed by atoms with Crippen molar-refractivity contribution >= 4 is 6.29 Å². The molecule has 0 saturated heterocycles. The molecule has 1 heterocycles. The molecule has 1 aromatic heterocycles. The van der Waals surface area contributed by atoms with E-state index in [1.807, 2.05) is 6.07 Å². The summed E-state index contributed by atoms with van der Waals surface area (Å²) in [6.07, 6.45) is 2.99. The number of aromatic nitrogens is 1. The third-order valence-electron chi connectivity index (χ3n) is 3.21. The maximum Gasteiger partial charge on any atom is 0.153 e. The molecule has 0 aliphatic heterocycles. The molecule has 0 fully saturated rings. The zero-order valence-electron chi connectivity index (χ0n) is 9.80. The highest BCUT2D eigenvalue weighted by Crippen LogP contribution is 2.39. The third-order valence-corrected chi connectivity index (χ3v) is 3.21. The van der Waals surface area contributed by atoms with Crippen molar-refractivity contribution in [2.75, 3.05) is 7.11 Å². The second kappa shape index (κ2) is 3.84. The molecule has 0 amide bonds. The lowest BCUT2D eigenvalue weighted by atomic mass is 10.0. The van der Waals surface area contributed by atoms with Gasteiger partial charge in [0.1, 0.15) is 11.5 Å². The first kappa shape index (κ1) is 10.8. The summed E-state index contributed by atoms with van der Waals surface area (Å²) in [7, 11) is 1.59. The highest BCUT2D eigenvalue weighted by molar-refractivity contribution is 5.86. The first-order valence-electron chi connectivity index (χ1n) is 5.57. The van der Waals surface area contributed by atoms with Crippen LogP contribution in [0.25, 0.3) is 11.1 Å². The molecule has 0 atom stereocenters. The third kappa shape index (κ3) is 1.46. The van der Waals surface area contributed by atoms with Crippen molar-refractivity contribution in [1.29, 1.82) is 0 Å². The van der Waals surface area contributed by atoms with Gasteiger partial charge in [0.15, 0.2) is 6.29 Å². The summed E-state index contributed by atoms with van der Waals surface area (Å²) in [4.78, 5) is 15.2. The number of phenolic OH excluding ortho intramolecular Hbond substituents is 1. The van der Waals surface area contributed by atoms with Gasteiger partial charge < -0.3 is 9.84 Å². The number of rotatable bonds is 2. The number of benzene rings is 1. The fourth-order valence-corrected chi connectivity index (χ4v) is 2.28. The summed E-state index contributed by atoms with van der Waals surface area (Å²) in [6.45, 7) is 0. The Morgan fingerprint density at radius 1 is 1.33 bits per heavy atom. The van der Waals surface area contributed by atoms with Crippen LogP contribution < -0.4 is 4.74 Å². The molecule has 2 aromatic rings. The number of fused-ring (bicyclic) bond motifs is 3. The number of phenols is 1. The molecule has 0 unspecified atom stereocenters. The molecule has 0 radical (unpaired) electrons. The van der Waals surface area contributed by atoms with E-state index < -0.39 is 0 Å². The van der Waals surface area contributed by atoms with E-state index in [0.717, 1.165) is 22.4 Å². The van der Waals surface area contributed by atoms with Crippen LogP contribution in [-0.4, -0.2) is 23.5 Å². The molecule has 0 spiro atoms. The van der Waals surface area contributed by atoms with Crippen molar-refractivity contribution in [3.8, 4) is 22.6 Å². The van der Waals surface area contributed by atoms with Crippen LogP contribution in [0, 0.1) is 0 Å². The molecule has 18 heavy (non-hydrogen) atoms. The van der Waals surface area contributed by atoms with E-state index in [1.54, 1.807) is 25.4 Å². The Labute approximate surface area is 104 Å². The molecule has 1 aliphatic rings. The van der Waals surface area contributed by atoms with Gasteiger partial charge in [0.05, 0.1) is 24.6 Å². The Kier molecular flexibility index (Phi) is 2.30. The fourth-order valence-electron chi connectivity index (χ4n) is 2.28. The molecule has 1 N–H and O–H groups in total. The Hall–Kier alpha value is -2.36. The number of aromatic hydroxyl groups is 1. The molecule has 4 nitrogen and oxygen atoms in total. The minimum absolute atomic E-state index is 0.0171. The van der Waals surface area contributed by atoms with Crippen LogP contribution in [0.15, 0.2) is 24.4 Å². The topological polar surface area (TPSA) is 59.4 Å². The van der Waals surface area contributed by atoms with Gasteiger partial charge >= 0.3 is 0 Å². The van der Waals surface area contributed by atoms with Gasteiger partial charge in [0.25, 0.3) is 0 Å². The van der Waals surface area contributed by atoms with Crippen LogP contribution in [0.1, 0.15) is 21.6 Å². The van der Waals surface area contributed by atoms with Gasteiger partial charge in [-0.3, -0.25) is 9.78 Å². The summed E-state index contributed by atoms with van der Waals surface area (Å²) in [5.41, 5.74) is 4.12. The minimum atomic E-state index is 0.0171. The van der Waals surface area contributed by atoms with E-state index in [1.165, 1.54) is 0 Å². The van der Waals surface area contributed by atoms with Gasteiger partial charge in [0, 0.05) is 12.0 Å². The number of hydrogen-bond acceptors (Lipinski definition) is 4. The molecule has 4 heteroatoms. The quantitative estimate of drug-likeness (QED) is 0.698.